The molecule has 1 heterocycles. The van der Waals surface area contributed by atoms with Gasteiger partial charge in [-0.1, -0.05) is 12.1 Å². The van der Waals surface area contributed by atoms with Crippen LogP contribution < -0.4 is 0 Å². The smallest absolute Gasteiger partial charge is 0.373 e. The number of hydrogen-bond donors (Lipinski definition) is 1. The van der Waals surface area contributed by atoms with Gasteiger partial charge in [0.1, 0.15) is 17.1 Å². The van der Waals surface area contributed by atoms with Crippen LogP contribution in [0.25, 0.3) is 0 Å². The molecule has 148 valence electrons. The number of carbonyl (C=O) groups excluding carboxylic acids is 3. The van der Waals surface area contributed by atoms with Crippen molar-refractivity contribution in [3.8, 4) is 0 Å². The molecule has 0 saturated carbocycles. The molecule has 1 aromatic heterocycles. The van der Waals surface area contributed by atoms with Gasteiger partial charge in [-0.05, 0) is 31.5 Å². The standard InChI is InChI=1S/C20H19FO7/c1-3-26-19(24)14-10-18(15(22)11-16(23)20(25)27-4-2)28-17(14)9-12-5-7-13(21)8-6-12/h5-8,10-11,23H,3-4,9H2,1-2H3/b16-11-. The molecule has 0 fully saturated rings. The molecule has 28 heavy (non-hydrogen) atoms. The highest BCUT2D eigenvalue weighted by Gasteiger charge is 2.23. The number of ketones is 1. The minimum atomic E-state index is -1.06. The van der Waals surface area contributed by atoms with Gasteiger partial charge >= 0.3 is 11.9 Å². The predicted molar refractivity (Wildman–Crippen MR) is 95.5 cm³/mol. The van der Waals surface area contributed by atoms with Crippen LogP contribution >= 0.6 is 0 Å². The monoisotopic (exact) mass is 390 g/mol. The highest BCUT2D eigenvalue weighted by molar-refractivity contribution is 6.07. The third-order valence-corrected chi connectivity index (χ3v) is 3.58. The summed E-state index contributed by atoms with van der Waals surface area (Å²) in [5.74, 6) is -4.01. The lowest BCUT2D eigenvalue weighted by Crippen LogP contribution is -2.09. The van der Waals surface area contributed by atoms with Gasteiger partial charge in [0.25, 0.3) is 0 Å². The predicted octanol–water partition coefficient (Wildman–Crippen LogP) is 3.37. The van der Waals surface area contributed by atoms with E-state index in [9.17, 15) is 23.9 Å². The zero-order valence-corrected chi connectivity index (χ0v) is 15.4. The first-order valence-electron chi connectivity index (χ1n) is 8.52. The van der Waals surface area contributed by atoms with Crippen molar-refractivity contribution < 1.29 is 37.8 Å². The van der Waals surface area contributed by atoms with Gasteiger partial charge in [0.15, 0.2) is 5.76 Å². The Hall–Kier alpha value is -3.42. The lowest BCUT2D eigenvalue weighted by molar-refractivity contribution is -0.141. The Labute approximate surface area is 160 Å². The van der Waals surface area contributed by atoms with Crippen LogP contribution in [-0.2, 0) is 20.7 Å². The topological polar surface area (TPSA) is 103 Å². The van der Waals surface area contributed by atoms with Crippen LogP contribution in [0.3, 0.4) is 0 Å². The second kappa shape index (κ2) is 9.50. The SMILES string of the molecule is CCOC(=O)/C(O)=C/C(=O)c1cc(C(=O)OCC)c(Cc2ccc(F)cc2)o1. The van der Waals surface area contributed by atoms with Crippen molar-refractivity contribution in [2.75, 3.05) is 13.2 Å². The Kier molecular flexibility index (Phi) is 7.08. The van der Waals surface area contributed by atoms with Crippen LogP contribution in [0.15, 0.2) is 46.6 Å². The van der Waals surface area contributed by atoms with Crippen LogP contribution in [-0.4, -0.2) is 36.0 Å². The number of ether oxygens (including phenoxy) is 2. The molecule has 0 aliphatic heterocycles. The number of hydrogen-bond acceptors (Lipinski definition) is 7. The van der Waals surface area contributed by atoms with Crippen LogP contribution in [0.5, 0.6) is 0 Å². The molecule has 0 saturated heterocycles. The normalized spacial score (nSPS) is 11.2. The van der Waals surface area contributed by atoms with E-state index in [0.29, 0.717) is 11.6 Å². The number of esters is 2. The molecule has 0 bridgehead atoms. The largest absolute Gasteiger partial charge is 0.502 e. The van der Waals surface area contributed by atoms with E-state index in [-0.39, 0.29) is 36.7 Å². The first kappa shape index (κ1) is 20.9. The maximum atomic E-state index is 13.1. The Morgan fingerprint density at radius 3 is 2.36 bits per heavy atom. The van der Waals surface area contributed by atoms with Crippen molar-refractivity contribution in [1.29, 1.82) is 0 Å². The molecule has 8 heteroatoms. The van der Waals surface area contributed by atoms with Crippen LogP contribution in [0.2, 0.25) is 0 Å². The number of halogens is 1. The lowest BCUT2D eigenvalue weighted by Gasteiger charge is -2.03. The molecule has 0 amide bonds. The summed E-state index contributed by atoms with van der Waals surface area (Å²) in [4.78, 5) is 35.9. The number of rotatable bonds is 8. The molecule has 2 rings (SSSR count). The number of aliphatic hydroxyl groups excluding tert-OH is 1. The first-order valence-corrected chi connectivity index (χ1v) is 8.52. The van der Waals surface area contributed by atoms with E-state index in [1.807, 2.05) is 0 Å². The minimum absolute atomic E-state index is 0.0264. The summed E-state index contributed by atoms with van der Waals surface area (Å²) in [5.41, 5.74) is 0.670. The van der Waals surface area contributed by atoms with Gasteiger partial charge in [-0.15, -0.1) is 0 Å². The van der Waals surface area contributed by atoms with Crippen molar-refractivity contribution in [3.05, 3.63) is 70.6 Å². The van der Waals surface area contributed by atoms with Gasteiger partial charge in [0.2, 0.25) is 11.5 Å². The van der Waals surface area contributed by atoms with E-state index in [1.54, 1.807) is 13.8 Å². The molecule has 0 atom stereocenters. The highest BCUT2D eigenvalue weighted by Crippen LogP contribution is 2.22. The Bertz CT molecular complexity index is 894. The van der Waals surface area contributed by atoms with Crippen LogP contribution in [0, 0.1) is 5.82 Å². The zero-order chi connectivity index (χ0) is 20.7. The molecular formula is C20H19FO7. The van der Waals surface area contributed by atoms with Gasteiger partial charge in [0.05, 0.1) is 13.2 Å². The summed E-state index contributed by atoms with van der Waals surface area (Å²) in [6, 6.07) is 6.72. The summed E-state index contributed by atoms with van der Waals surface area (Å²) >= 11 is 0. The molecule has 0 aliphatic rings. The molecule has 1 N–H and O–H groups in total. The highest BCUT2D eigenvalue weighted by atomic mass is 19.1. The second-order valence-corrected chi connectivity index (χ2v) is 5.59. The molecule has 0 spiro atoms. The van der Waals surface area contributed by atoms with Crippen molar-refractivity contribution in [1.82, 2.24) is 0 Å². The summed E-state index contributed by atoms with van der Waals surface area (Å²) in [7, 11) is 0. The quantitative estimate of drug-likeness (QED) is 0.319. The first-order chi connectivity index (χ1) is 13.3. The Morgan fingerprint density at radius 1 is 1.11 bits per heavy atom. The summed E-state index contributed by atoms with van der Waals surface area (Å²) in [6.07, 6.45) is 0.753. The minimum Gasteiger partial charge on any atom is -0.502 e. The molecule has 1 aromatic carbocycles. The maximum Gasteiger partial charge on any atom is 0.373 e. The van der Waals surface area contributed by atoms with Crippen molar-refractivity contribution in [2.45, 2.75) is 20.3 Å². The summed E-state index contributed by atoms with van der Waals surface area (Å²) in [6.45, 7) is 3.32. The molecule has 2 aromatic rings. The average molecular weight is 390 g/mol. The zero-order valence-electron chi connectivity index (χ0n) is 15.4. The van der Waals surface area contributed by atoms with E-state index < -0.39 is 29.3 Å². The third-order valence-electron chi connectivity index (χ3n) is 3.58. The molecule has 0 radical (unpaired) electrons. The number of furan rings is 1. The number of allylic oxidation sites excluding steroid dienone is 1. The lowest BCUT2D eigenvalue weighted by atomic mass is 10.1. The van der Waals surface area contributed by atoms with Crippen molar-refractivity contribution in [3.63, 3.8) is 0 Å². The van der Waals surface area contributed by atoms with E-state index >= 15 is 0 Å². The van der Waals surface area contributed by atoms with Crippen LogP contribution in [0.1, 0.15) is 46.1 Å². The maximum absolute atomic E-state index is 13.1. The third kappa shape index (κ3) is 5.29. The fourth-order valence-electron chi connectivity index (χ4n) is 2.31. The van der Waals surface area contributed by atoms with Gasteiger partial charge < -0.3 is 19.0 Å². The van der Waals surface area contributed by atoms with Crippen LogP contribution in [0.4, 0.5) is 4.39 Å². The number of aliphatic hydroxyl groups is 1. The molecular weight excluding hydrogens is 371 g/mol. The number of benzene rings is 1. The summed E-state index contributed by atoms with van der Waals surface area (Å²) in [5, 5.41) is 9.61. The number of carbonyl (C=O) groups is 3. The average Bonchev–Trinajstić information content (AvgIpc) is 3.08. The Balaban J connectivity index is 2.34. The second-order valence-electron chi connectivity index (χ2n) is 5.59. The van der Waals surface area contributed by atoms with E-state index in [4.69, 9.17) is 9.15 Å². The van der Waals surface area contributed by atoms with Gasteiger partial charge in [0, 0.05) is 18.6 Å². The van der Waals surface area contributed by atoms with Crippen molar-refractivity contribution >= 4 is 17.7 Å². The molecule has 7 nitrogen and oxygen atoms in total. The Morgan fingerprint density at radius 2 is 1.75 bits per heavy atom. The van der Waals surface area contributed by atoms with Crippen molar-refractivity contribution in [2.24, 2.45) is 0 Å². The fourth-order valence-corrected chi connectivity index (χ4v) is 2.31. The van der Waals surface area contributed by atoms with E-state index in [2.05, 4.69) is 4.74 Å². The summed E-state index contributed by atoms with van der Waals surface area (Å²) < 4.78 is 28.1. The van der Waals surface area contributed by atoms with Gasteiger partial charge in [-0.25, -0.2) is 14.0 Å². The van der Waals surface area contributed by atoms with Gasteiger partial charge in [-0.2, -0.15) is 0 Å². The van der Waals surface area contributed by atoms with E-state index in [1.165, 1.54) is 30.3 Å². The molecule has 0 unspecified atom stereocenters. The van der Waals surface area contributed by atoms with Gasteiger partial charge in [-0.3, -0.25) is 4.79 Å². The fraction of sp³-hybridized carbons (Fsp3) is 0.250. The molecule has 0 aliphatic carbocycles. The van der Waals surface area contributed by atoms with E-state index in [0.717, 1.165) is 0 Å².